The molecule has 3 aliphatic heterocycles. The van der Waals surface area contributed by atoms with Gasteiger partial charge in [0, 0.05) is 87.4 Å². The Morgan fingerprint density at radius 3 is 2.36 bits per heavy atom. The van der Waals surface area contributed by atoms with Crippen LogP contribution in [0.2, 0.25) is 0 Å². The first-order chi connectivity index (χ1) is 25.7. The summed E-state index contributed by atoms with van der Waals surface area (Å²) in [4.78, 5) is 63.8. The Morgan fingerprint density at radius 1 is 0.849 bits per heavy atom. The van der Waals surface area contributed by atoms with Gasteiger partial charge in [0.25, 0.3) is 5.91 Å². The van der Waals surface area contributed by atoms with Gasteiger partial charge in [0.05, 0.1) is 29.3 Å². The van der Waals surface area contributed by atoms with Gasteiger partial charge in [-0.25, -0.2) is 14.8 Å². The van der Waals surface area contributed by atoms with E-state index < -0.39 is 6.03 Å². The van der Waals surface area contributed by atoms with Gasteiger partial charge in [0.1, 0.15) is 17.2 Å². The number of fused-ring (bicyclic) bond motifs is 2. The third-order valence-electron chi connectivity index (χ3n) is 11.5. The van der Waals surface area contributed by atoms with Crippen LogP contribution in [0, 0.1) is 5.41 Å². The quantitative estimate of drug-likeness (QED) is 0.222. The highest BCUT2D eigenvalue weighted by atomic mass is 16.2. The molecule has 5 aromatic rings. The average molecular weight is 714 g/mol. The lowest BCUT2D eigenvalue weighted by atomic mass is 9.71. The molecule has 1 aromatic carbocycles. The van der Waals surface area contributed by atoms with Crippen molar-refractivity contribution < 1.29 is 14.4 Å². The topological polar surface area (TPSA) is 145 Å². The molecule has 0 unspecified atom stereocenters. The first-order valence-electron chi connectivity index (χ1n) is 18.6. The van der Waals surface area contributed by atoms with Gasteiger partial charge < -0.3 is 24.6 Å². The van der Waals surface area contributed by atoms with Crippen LogP contribution >= 0.6 is 0 Å². The molecule has 4 fully saturated rings. The van der Waals surface area contributed by atoms with E-state index in [-0.39, 0.29) is 24.3 Å². The number of aromatic nitrogens is 5. The number of urea groups is 1. The number of pyridine rings is 2. The molecule has 14 heteroatoms. The number of hydrogen-bond donors (Lipinski definition) is 2. The van der Waals surface area contributed by atoms with Crippen molar-refractivity contribution in [1.82, 2.24) is 34.7 Å². The van der Waals surface area contributed by atoms with Gasteiger partial charge >= 0.3 is 6.03 Å². The number of carbonyl (C=O) groups excluding carboxylic acids is 3. The van der Waals surface area contributed by atoms with Crippen molar-refractivity contribution in [2.75, 3.05) is 66.8 Å². The van der Waals surface area contributed by atoms with Crippen LogP contribution in [0.25, 0.3) is 21.9 Å². The summed E-state index contributed by atoms with van der Waals surface area (Å²) in [6.45, 7) is 4.35. The average Bonchev–Trinajstić information content (AvgIpc) is 3.82. The van der Waals surface area contributed by atoms with Gasteiger partial charge in [-0.3, -0.25) is 24.8 Å². The van der Waals surface area contributed by atoms with Crippen molar-refractivity contribution in [3.8, 4) is 0 Å². The Kier molecular flexibility index (Phi) is 8.12. The van der Waals surface area contributed by atoms with Crippen LogP contribution in [-0.2, 0) is 4.79 Å². The Hall–Kier alpha value is -5.79. The SMILES string of the molecule is CN(C)C(=O)c1cc2cnc(Nc3ccc(N4CCC5(CC4)CN(c4ccc6cc(N7CCC(=O)NC7=O)cnc6c4)C5)cn3)nc2n1C1CCCC1. The van der Waals surface area contributed by atoms with E-state index in [0.717, 1.165) is 98.0 Å². The highest BCUT2D eigenvalue weighted by Gasteiger charge is 2.45. The number of carbonyl (C=O) groups is 3. The molecular weight excluding hydrogens is 671 g/mol. The van der Waals surface area contributed by atoms with Crippen molar-refractivity contribution >= 4 is 68.6 Å². The molecule has 9 rings (SSSR count). The van der Waals surface area contributed by atoms with Crippen LogP contribution in [0.15, 0.2) is 61.1 Å². The Labute approximate surface area is 307 Å². The van der Waals surface area contributed by atoms with Crippen LogP contribution < -0.4 is 25.3 Å². The van der Waals surface area contributed by atoms with E-state index in [9.17, 15) is 14.4 Å². The van der Waals surface area contributed by atoms with Gasteiger partial charge in [-0.2, -0.15) is 4.98 Å². The van der Waals surface area contributed by atoms with Crippen LogP contribution in [-0.4, -0.2) is 94.1 Å². The third-order valence-corrected chi connectivity index (χ3v) is 11.5. The second-order valence-corrected chi connectivity index (χ2v) is 15.2. The normalized spacial score (nSPS) is 18.9. The molecule has 1 saturated carbocycles. The lowest BCUT2D eigenvalue weighted by Gasteiger charge is -2.55. The molecule has 272 valence electrons. The Balaban J connectivity index is 0.816. The standard InChI is InChI=1S/C39H43N11O3/c1-46(2)36(52)32-18-26-20-42-37(45-35(26)50(32)27-5-3-4-6-27)43-33-10-9-29(21-41-33)47-15-12-39(13-16-47)23-48(24-39)28-8-7-25-17-30(22-40-31(25)19-28)49-14-11-34(51)44-38(49)53/h7-10,17-22,27H,3-6,11-16,23-24H2,1-2H3,(H,44,51,53)(H,41,42,43,45). The highest BCUT2D eigenvalue weighted by molar-refractivity contribution is 6.06. The van der Waals surface area contributed by atoms with Gasteiger partial charge in [-0.15, -0.1) is 0 Å². The summed E-state index contributed by atoms with van der Waals surface area (Å²) in [6, 6.07) is 14.2. The summed E-state index contributed by atoms with van der Waals surface area (Å²) in [7, 11) is 3.57. The lowest BCUT2D eigenvalue weighted by molar-refractivity contribution is -0.120. The van der Waals surface area contributed by atoms with E-state index >= 15 is 0 Å². The monoisotopic (exact) mass is 713 g/mol. The minimum Gasteiger partial charge on any atom is -0.370 e. The molecule has 2 N–H and O–H groups in total. The van der Waals surface area contributed by atoms with Crippen LogP contribution in [0.1, 0.15) is 61.5 Å². The first kappa shape index (κ1) is 33.1. The first-order valence-corrected chi connectivity index (χ1v) is 18.6. The smallest absolute Gasteiger partial charge is 0.328 e. The van der Waals surface area contributed by atoms with Crippen molar-refractivity contribution in [1.29, 1.82) is 0 Å². The number of amides is 4. The number of hydrogen-bond acceptors (Lipinski definition) is 10. The molecule has 4 aliphatic rings. The van der Waals surface area contributed by atoms with E-state index in [4.69, 9.17) is 9.97 Å². The Bertz CT molecular complexity index is 2230. The zero-order valence-electron chi connectivity index (χ0n) is 30.1. The van der Waals surface area contributed by atoms with Crippen LogP contribution in [0.5, 0.6) is 0 Å². The number of benzene rings is 1. The number of imide groups is 1. The van der Waals surface area contributed by atoms with Gasteiger partial charge in [0.2, 0.25) is 11.9 Å². The fourth-order valence-electron chi connectivity index (χ4n) is 8.51. The highest BCUT2D eigenvalue weighted by Crippen LogP contribution is 2.44. The van der Waals surface area contributed by atoms with Crippen molar-refractivity contribution in [2.45, 2.75) is 51.0 Å². The van der Waals surface area contributed by atoms with Crippen molar-refractivity contribution in [3.05, 3.63) is 66.7 Å². The number of rotatable bonds is 7. The molecule has 0 bridgehead atoms. The van der Waals surface area contributed by atoms with Crippen LogP contribution in [0.4, 0.5) is 33.6 Å². The fourth-order valence-corrected chi connectivity index (χ4v) is 8.51. The number of piperidine rings is 1. The molecule has 4 aromatic heterocycles. The predicted octanol–water partition coefficient (Wildman–Crippen LogP) is 5.49. The summed E-state index contributed by atoms with van der Waals surface area (Å²) < 4.78 is 2.12. The zero-order valence-corrected chi connectivity index (χ0v) is 30.1. The minimum absolute atomic E-state index is 0.0224. The van der Waals surface area contributed by atoms with E-state index in [0.29, 0.717) is 35.1 Å². The van der Waals surface area contributed by atoms with Crippen molar-refractivity contribution in [2.24, 2.45) is 5.41 Å². The molecule has 0 radical (unpaired) electrons. The molecule has 7 heterocycles. The maximum absolute atomic E-state index is 13.1. The van der Waals surface area contributed by atoms with Gasteiger partial charge in [0.15, 0.2) is 0 Å². The molecule has 1 aliphatic carbocycles. The predicted molar refractivity (Wildman–Crippen MR) is 204 cm³/mol. The van der Waals surface area contributed by atoms with E-state index in [1.54, 1.807) is 36.3 Å². The van der Waals surface area contributed by atoms with E-state index in [1.807, 2.05) is 24.4 Å². The molecule has 4 amide bonds. The number of anilines is 5. The summed E-state index contributed by atoms with van der Waals surface area (Å²) in [5.74, 6) is 0.870. The van der Waals surface area contributed by atoms with E-state index in [1.165, 1.54) is 0 Å². The summed E-state index contributed by atoms with van der Waals surface area (Å²) in [6.07, 6.45) is 12.3. The van der Waals surface area contributed by atoms with Crippen molar-refractivity contribution in [3.63, 3.8) is 0 Å². The lowest BCUT2D eigenvalue weighted by Crippen LogP contribution is -2.60. The van der Waals surface area contributed by atoms with Gasteiger partial charge in [-0.1, -0.05) is 18.9 Å². The second kappa shape index (κ2) is 13.0. The third kappa shape index (κ3) is 6.15. The Morgan fingerprint density at radius 2 is 1.62 bits per heavy atom. The largest absolute Gasteiger partial charge is 0.370 e. The molecule has 14 nitrogen and oxygen atoms in total. The van der Waals surface area contributed by atoms with E-state index in [2.05, 4.69) is 59.2 Å². The molecule has 3 saturated heterocycles. The minimum atomic E-state index is -0.402. The summed E-state index contributed by atoms with van der Waals surface area (Å²) in [5, 5.41) is 7.49. The molecule has 1 spiro atoms. The number of nitrogens with zero attached hydrogens (tertiary/aromatic N) is 9. The maximum atomic E-state index is 13.1. The molecule has 53 heavy (non-hydrogen) atoms. The molecule has 0 atom stereocenters. The molecular formula is C39H43N11O3. The second-order valence-electron chi connectivity index (χ2n) is 15.2. The van der Waals surface area contributed by atoms with Gasteiger partial charge in [-0.05, 0) is 62.1 Å². The fraction of sp³-hybridized carbons (Fsp3) is 0.410. The zero-order chi connectivity index (χ0) is 36.3. The maximum Gasteiger partial charge on any atom is 0.328 e. The summed E-state index contributed by atoms with van der Waals surface area (Å²) in [5.41, 5.74) is 5.60. The summed E-state index contributed by atoms with van der Waals surface area (Å²) >= 11 is 0. The number of nitrogens with one attached hydrogen (secondary N) is 2. The van der Waals surface area contributed by atoms with Crippen LogP contribution in [0.3, 0.4) is 0 Å².